The van der Waals surface area contributed by atoms with Crippen LogP contribution < -0.4 is 10.6 Å². The molecule has 16 heavy (non-hydrogen) atoms. The summed E-state index contributed by atoms with van der Waals surface area (Å²) in [5.74, 6) is 0.937. The van der Waals surface area contributed by atoms with Gasteiger partial charge < -0.3 is 15.2 Å². The van der Waals surface area contributed by atoms with Gasteiger partial charge in [0.1, 0.15) is 5.69 Å². The summed E-state index contributed by atoms with van der Waals surface area (Å²) in [6, 6.07) is 3.71. The highest BCUT2D eigenvalue weighted by Crippen LogP contribution is 2.17. The Hall–Kier alpha value is -1.95. The van der Waals surface area contributed by atoms with E-state index in [1.807, 2.05) is 26.2 Å². The van der Waals surface area contributed by atoms with Crippen LogP contribution in [0.4, 0.5) is 5.95 Å². The lowest BCUT2D eigenvalue weighted by Gasteiger charge is -2.02. The van der Waals surface area contributed by atoms with Gasteiger partial charge in [0.05, 0.1) is 0 Å². The van der Waals surface area contributed by atoms with Gasteiger partial charge in [-0.1, -0.05) is 6.07 Å². The summed E-state index contributed by atoms with van der Waals surface area (Å²) in [7, 11) is 3.69. The van der Waals surface area contributed by atoms with Crippen LogP contribution in [0, 0.1) is 0 Å². The molecule has 0 fully saturated rings. The Labute approximate surface area is 93.1 Å². The van der Waals surface area contributed by atoms with E-state index in [-0.39, 0.29) is 0 Å². The minimum absolute atomic E-state index is 0.410. The molecule has 0 amide bonds. The number of hydrogen-bond donors (Lipinski definition) is 1. The van der Waals surface area contributed by atoms with Crippen LogP contribution >= 0.6 is 0 Å². The van der Waals surface area contributed by atoms with Crippen molar-refractivity contribution in [2.45, 2.75) is 6.54 Å². The summed E-state index contributed by atoms with van der Waals surface area (Å²) in [6.45, 7) is 0.472. The quantitative estimate of drug-likeness (QED) is 0.816. The van der Waals surface area contributed by atoms with Crippen molar-refractivity contribution in [1.29, 1.82) is 0 Å². The second-order valence-electron chi connectivity index (χ2n) is 3.55. The number of anilines is 1. The molecule has 0 saturated heterocycles. The van der Waals surface area contributed by atoms with Crippen LogP contribution in [0.5, 0.6) is 0 Å². The molecular weight excluding hydrogens is 206 g/mol. The fourth-order valence-corrected chi connectivity index (χ4v) is 1.17. The van der Waals surface area contributed by atoms with Crippen molar-refractivity contribution in [3.8, 4) is 11.6 Å². The molecule has 6 nitrogen and oxygen atoms in total. The number of nitrogens with two attached hydrogens (primary N) is 1. The molecule has 2 N–H and O–H groups in total. The fraction of sp³-hybridized carbons (Fsp3) is 0.300. The average Bonchev–Trinajstić information content (AvgIpc) is 2.78. The summed E-state index contributed by atoms with van der Waals surface area (Å²) < 4.78 is 5.09. The molecule has 2 aromatic heterocycles. The van der Waals surface area contributed by atoms with Crippen molar-refractivity contribution in [1.82, 2.24) is 15.1 Å². The Bertz CT molecular complexity index is 462. The van der Waals surface area contributed by atoms with E-state index in [1.54, 1.807) is 11.1 Å². The van der Waals surface area contributed by atoms with E-state index in [9.17, 15) is 0 Å². The fourth-order valence-electron chi connectivity index (χ4n) is 1.17. The van der Waals surface area contributed by atoms with Crippen molar-refractivity contribution in [3.63, 3.8) is 0 Å². The Balaban J connectivity index is 2.28. The minimum atomic E-state index is 0.410. The first-order valence-corrected chi connectivity index (χ1v) is 4.87. The zero-order valence-electron chi connectivity index (χ0n) is 9.21. The Morgan fingerprint density at radius 1 is 1.38 bits per heavy atom. The maximum Gasteiger partial charge on any atom is 0.278 e. The third-order valence-corrected chi connectivity index (χ3v) is 2.09. The van der Waals surface area contributed by atoms with Gasteiger partial charge in [0.15, 0.2) is 0 Å². The third kappa shape index (κ3) is 2.01. The van der Waals surface area contributed by atoms with Crippen molar-refractivity contribution in [2.24, 2.45) is 5.73 Å². The van der Waals surface area contributed by atoms with E-state index >= 15 is 0 Å². The Morgan fingerprint density at radius 3 is 2.69 bits per heavy atom. The van der Waals surface area contributed by atoms with Crippen LogP contribution in [0.15, 0.2) is 22.9 Å². The summed E-state index contributed by atoms with van der Waals surface area (Å²) in [5, 5.41) is 3.81. The topological polar surface area (TPSA) is 81.1 Å². The zero-order chi connectivity index (χ0) is 11.5. The molecule has 0 radical (unpaired) electrons. The lowest BCUT2D eigenvalue weighted by atomic mass is 10.2. The lowest BCUT2D eigenvalue weighted by Crippen LogP contribution is -2.10. The van der Waals surface area contributed by atoms with Crippen molar-refractivity contribution < 1.29 is 4.52 Å². The minimum Gasteiger partial charge on any atom is -0.344 e. The number of rotatable bonds is 3. The zero-order valence-corrected chi connectivity index (χ0v) is 9.21. The normalized spacial score (nSPS) is 10.4. The van der Waals surface area contributed by atoms with Crippen molar-refractivity contribution >= 4 is 5.95 Å². The first-order valence-electron chi connectivity index (χ1n) is 4.87. The van der Waals surface area contributed by atoms with Gasteiger partial charge in [0.25, 0.3) is 11.8 Å². The van der Waals surface area contributed by atoms with Gasteiger partial charge in [-0.05, 0) is 16.8 Å². The largest absolute Gasteiger partial charge is 0.344 e. The van der Waals surface area contributed by atoms with Crippen LogP contribution in [-0.2, 0) is 6.54 Å². The molecule has 2 rings (SSSR count). The van der Waals surface area contributed by atoms with E-state index in [0.29, 0.717) is 24.1 Å². The molecule has 0 aliphatic carbocycles. The van der Waals surface area contributed by atoms with E-state index in [2.05, 4.69) is 15.1 Å². The predicted octanol–water partition coefficient (Wildman–Crippen LogP) is 0.656. The third-order valence-electron chi connectivity index (χ3n) is 2.09. The Kier molecular flexibility index (Phi) is 2.82. The molecule has 0 atom stereocenters. The summed E-state index contributed by atoms with van der Waals surface area (Å²) in [5.41, 5.74) is 7.10. The van der Waals surface area contributed by atoms with E-state index in [1.165, 1.54) is 0 Å². The molecule has 0 saturated carbocycles. The first kappa shape index (κ1) is 10.6. The standard InChI is InChI=1S/C10H13N5O/c1-15(2)10-13-9(16-14-10)8-4-3-7(5-11)6-12-8/h3-4,6H,5,11H2,1-2H3. The van der Waals surface area contributed by atoms with Gasteiger partial charge in [0, 0.05) is 26.8 Å². The molecule has 6 heteroatoms. The van der Waals surface area contributed by atoms with Gasteiger partial charge in [-0.3, -0.25) is 4.98 Å². The molecular formula is C10H13N5O. The highest BCUT2D eigenvalue weighted by atomic mass is 16.5. The van der Waals surface area contributed by atoms with Crippen LogP contribution in [0.2, 0.25) is 0 Å². The van der Waals surface area contributed by atoms with Gasteiger partial charge >= 0.3 is 0 Å². The Morgan fingerprint density at radius 2 is 2.19 bits per heavy atom. The van der Waals surface area contributed by atoms with Crippen molar-refractivity contribution in [2.75, 3.05) is 19.0 Å². The summed E-state index contributed by atoms with van der Waals surface area (Å²) in [4.78, 5) is 10.2. The second-order valence-corrected chi connectivity index (χ2v) is 3.55. The van der Waals surface area contributed by atoms with Gasteiger partial charge in [-0.2, -0.15) is 4.98 Å². The van der Waals surface area contributed by atoms with Crippen molar-refractivity contribution in [3.05, 3.63) is 23.9 Å². The smallest absolute Gasteiger partial charge is 0.278 e. The average molecular weight is 219 g/mol. The maximum absolute atomic E-state index is 5.48. The van der Waals surface area contributed by atoms with Gasteiger partial charge in [-0.25, -0.2) is 0 Å². The van der Waals surface area contributed by atoms with Crippen LogP contribution in [0.1, 0.15) is 5.56 Å². The monoisotopic (exact) mass is 219 g/mol. The summed E-state index contributed by atoms with van der Waals surface area (Å²) >= 11 is 0. The highest BCUT2D eigenvalue weighted by molar-refractivity contribution is 5.48. The number of pyridine rings is 1. The van der Waals surface area contributed by atoms with Crippen LogP contribution in [-0.4, -0.2) is 29.2 Å². The SMILES string of the molecule is CN(C)c1noc(-c2ccc(CN)cn2)n1. The number of nitrogens with zero attached hydrogens (tertiary/aromatic N) is 4. The van der Waals surface area contributed by atoms with Crippen LogP contribution in [0.25, 0.3) is 11.6 Å². The molecule has 2 heterocycles. The lowest BCUT2D eigenvalue weighted by molar-refractivity contribution is 0.429. The molecule has 0 aromatic carbocycles. The summed E-state index contributed by atoms with van der Waals surface area (Å²) in [6.07, 6.45) is 1.70. The molecule has 0 aliphatic heterocycles. The molecule has 0 spiro atoms. The first-order chi connectivity index (χ1) is 7.70. The maximum atomic E-state index is 5.48. The molecule has 2 aromatic rings. The van der Waals surface area contributed by atoms with Gasteiger partial charge in [0.2, 0.25) is 0 Å². The second kappa shape index (κ2) is 4.28. The molecule has 84 valence electrons. The van der Waals surface area contributed by atoms with Gasteiger partial charge in [-0.15, -0.1) is 0 Å². The van der Waals surface area contributed by atoms with E-state index < -0.39 is 0 Å². The molecule has 0 unspecified atom stereocenters. The highest BCUT2D eigenvalue weighted by Gasteiger charge is 2.10. The van der Waals surface area contributed by atoms with Crippen LogP contribution in [0.3, 0.4) is 0 Å². The number of aromatic nitrogens is 3. The van der Waals surface area contributed by atoms with E-state index in [0.717, 1.165) is 5.56 Å². The molecule has 0 bridgehead atoms. The predicted molar refractivity (Wildman–Crippen MR) is 59.7 cm³/mol. The number of hydrogen-bond acceptors (Lipinski definition) is 6. The van der Waals surface area contributed by atoms with E-state index in [4.69, 9.17) is 10.3 Å². The molecule has 0 aliphatic rings.